The summed E-state index contributed by atoms with van der Waals surface area (Å²) >= 11 is 0. The number of aryl methyl sites for hydroxylation is 1. The van der Waals surface area contributed by atoms with Crippen molar-refractivity contribution in [3.05, 3.63) is 66.5 Å². The van der Waals surface area contributed by atoms with Crippen LogP contribution < -0.4 is 5.73 Å². The molecular formula is C18H17N3. The number of hydrogen-bond acceptors (Lipinski definition) is 3. The second-order valence-corrected chi connectivity index (χ2v) is 4.89. The average Bonchev–Trinajstić information content (AvgIpc) is 2.55. The Morgan fingerprint density at radius 3 is 2.24 bits per heavy atom. The molecule has 0 radical (unpaired) electrons. The highest BCUT2D eigenvalue weighted by Crippen LogP contribution is 2.30. The quantitative estimate of drug-likeness (QED) is 0.736. The van der Waals surface area contributed by atoms with Crippen molar-refractivity contribution in [1.82, 2.24) is 9.97 Å². The molecule has 0 aliphatic rings. The van der Waals surface area contributed by atoms with Gasteiger partial charge >= 0.3 is 0 Å². The molecule has 3 aromatic rings. The lowest BCUT2D eigenvalue weighted by atomic mass is 9.98. The van der Waals surface area contributed by atoms with Crippen LogP contribution >= 0.6 is 0 Å². The van der Waals surface area contributed by atoms with Crippen LogP contribution in [0.15, 0.2) is 60.9 Å². The molecule has 0 amide bonds. The molecule has 0 aliphatic carbocycles. The van der Waals surface area contributed by atoms with Crippen molar-refractivity contribution >= 4 is 5.69 Å². The molecule has 0 saturated heterocycles. The Morgan fingerprint density at radius 1 is 0.857 bits per heavy atom. The van der Waals surface area contributed by atoms with Crippen molar-refractivity contribution in [2.45, 2.75) is 13.3 Å². The standard InChI is InChI=1S/C18H17N3/c1-2-13-5-3-4-6-16(13)18-17(20-11-12-21-18)14-7-9-15(19)10-8-14/h3-12H,2,19H2,1H3. The highest BCUT2D eigenvalue weighted by Gasteiger charge is 2.12. The third-order valence-corrected chi connectivity index (χ3v) is 3.54. The topological polar surface area (TPSA) is 51.8 Å². The molecule has 1 aromatic heterocycles. The maximum atomic E-state index is 5.76. The van der Waals surface area contributed by atoms with E-state index in [1.54, 1.807) is 12.4 Å². The number of nitrogen functional groups attached to an aromatic ring is 1. The predicted molar refractivity (Wildman–Crippen MR) is 86.7 cm³/mol. The average molecular weight is 275 g/mol. The summed E-state index contributed by atoms with van der Waals surface area (Å²) in [5.74, 6) is 0. The monoisotopic (exact) mass is 275 g/mol. The maximum absolute atomic E-state index is 5.76. The summed E-state index contributed by atoms with van der Waals surface area (Å²) in [4.78, 5) is 9.09. The number of benzene rings is 2. The third-order valence-electron chi connectivity index (χ3n) is 3.54. The third kappa shape index (κ3) is 2.63. The van der Waals surface area contributed by atoms with E-state index in [2.05, 4.69) is 35.1 Å². The van der Waals surface area contributed by atoms with Gasteiger partial charge in [0.15, 0.2) is 0 Å². The first-order chi connectivity index (χ1) is 10.3. The number of nitrogens with zero attached hydrogens (tertiary/aromatic N) is 2. The molecule has 2 N–H and O–H groups in total. The molecular weight excluding hydrogens is 258 g/mol. The van der Waals surface area contributed by atoms with E-state index < -0.39 is 0 Å². The Morgan fingerprint density at radius 2 is 1.52 bits per heavy atom. The van der Waals surface area contributed by atoms with Crippen molar-refractivity contribution in [1.29, 1.82) is 0 Å². The number of anilines is 1. The lowest BCUT2D eigenvalue weighted by Gasteiger charge is -2.11. The normalized spacial score (nSPS) is 10.5. The second-order valence-electron chi connectivity index (χ2n) is 4.89. The van der Waals surface area contributed by atoms with Gasteiger partial charge in [0.1, 0.15) is 0 Å². The van der Waals surface area contributed by atoms with E-state index in [0.29, 0.717) is 0 Å². The maximum Gasteiger partial charge on any atom is 0.0967 e. The van der Waals surface area contributed by atoms with Crippen molar-refractivity contribution in [3.63, 3.8) is 0 Å². The van der Waals surface area contributed by atoms with Crippen LogP contribution in [0.1, 0.15) is 12.5 Å². The summed E-state index contributed by atoms with van der Waals surface area (Å²) in [5, 5.41) is 0. The van der Waals surface area contributed by atoms with Gasteiger partial charge in [-0.2, -0.15) is 0 Å². The first-order valence-corrected chi connectivity index (χ1v) is 7.04. The summed E-state index contributed by atoms with van der Waals surface area (Å²) in [6, 6.07) is 16.1. The van der Waals surface area contributed by atoms with E-state index in [-0.39, 0.29) is 0 Å². The molecule has 1 heterocycles. The minimum absolute atomic E-state index is 0.748. The number of nitrogens with two attached hydrogens (primary N) is 1. The van der Waals surface area contributed by atoms with Gasteiger partial charge < -0.3 is 5.73 Å². The minimum atomic E-state index is 0.748. The zero-order valence-electron chi connectivity index (χ0n) is 12.0. The summed E-state index contributed by atoms with van der Waals surface area (Å²) < 4.78 is 0. The van der Waals surface area contributed by atoms with Crippen LogP contribution in [0.5, 0.6) is 0 Å². The Labute approximate surface area is 124 Å². The van der Waals surface area contributed by atoms with Gasteiger partial charge in [0.05, 0.1) is 11.4 Å². The summed E-state index contributed by atoms with van der Waals surface area (Å²) in [7, 11) is 0. The van der Waals surface area contributed by atoms with E-state index in [4.69, 9.17) is 5.73 Å². The highest BCUT2D eigenvalue weighted by atomic mass is 14.8. The van der Waals surface area contributed by atoms with Gasteiger partial charge in [-0.25, -0.2) is 0 Å². The Balaban J connectivity index is 2.18. The largest absolute Gasteiger partial charge is 0.399 e. The van der Waals surface area contributed by atoms with Gasteiger partial charge in [0.25, 0.3) is 0 Å². The molecule has 0 aliphatic heterocycles. The molecule has 0 spiro atoms. The fourth-order valence-electron chi connectivity index (χ4n) is 2.45. The lowest BCUT2D eigenvalue weighted by molar-refractivity contribution is 1.13. The summed E-state index contributed by atoms with van der Waals surface area (Å²) in [5.41, 5.74) is 11.8. The molecule has 0 unspecified atom stereocenters. The Hall–Kier alpha value is -2.68. The van der Waals surface area contributed by atoms with Gasteiger partial charge in [-0.1, -0.05) is 43.3 Å². The van der Waals surface area contributed by atoms with Crippen LogP contribution in [0, 0.1) is 0 Å². The first kappa shape index (κ1) is 13.3. The second kappa shape index (κ2) is 5.75. The van der Waals surface area contributed by atoms with Gasteiger partial charge in [-0.3, -0.25) is 9.97 Å². The summed E-state index contributed by atoms with van der Waals surface area (Å²) in [6.45, 7) is 2.15. The molecule has 2 aromatic carbocycles. The molecule has 0 atom stereocenters. The predicted octanol–water partition coefficient (Wildman–Crippen LogP) is 3.96. The SMILES string of the molecule is CCc1ccccc1-c1nccnc1-c1ccc(N)cc1. The van der Waals surface area contributed by atoms with Gasteiger partial charge in [-0.05, 0) is 24.1 Å². The van der Waals surface area contributed by atoms with Crippen LogP contribution in [-0.2, 0) is 6.42 Å². The van der Waals surface area contributed by atoms with Crippen molar-refractivity contribution in [2.24, 2.45) is 0 Å². The first-order valence-electron chi connectivity index (χ1n) is 7.04. The molecule has 21 heavy (non-hydrogen) atoms. The molecule has 3 heteroatoms. The van der Waals surface area contributed by atoms with Crippen molar-refractivity contribution < 1.29 is 0 Å². The molecule has 0 saturated carbocycles. The van der Waals surface area contributed by atoms with Crippen LogP contribution in [-0.4, -0.2) is 9.97 Å². The lowest BCUT2D eigenvalue weighted by Crippen LogP contribution is -1.96. The zero-order valence-corrected chi connectivity index (χ0v) is 12.0. The summed E-state index contributed by atoms with van der Waals surface area (Å²) in [6.07, 6.45) is 4.43. The molecule has 104 valence electrons. The van der Waals surface area contributed by atoms with E-state index >= 15 is 0 Å². The number of hydrogen-bond donors (Lipinski definition) is 1. The van der Waals surface area contributed by atoms with Gasteiger partial charge in [0.2, 0.25) is 0 Å². The number of aromatic nitrogens is 2. The Bertz CT molecular complexity index is 748. The van der Waals surface area contributed by atoms with Gasteiger partial charge in [-0.15, -0.1) is 0 Å². The fourth-order valence-corrected chi connectivity index (χ4v) is 2.45. The molecule has 3 nitrogen and oxygen atoms in total. The van der Waals surface area contributed by atoms with E-state index in [1.807, 2.05) is 30.3 Å². The fraction of sp³-hybridized carbons (Fsp3) is 0.111. The van der Waals surface area contributed by atoms with E-state index in [0.717, 1.165) is 34.6 Å². The minimum Gasteiger partial charge on any atom is -0.399 e. The number of rotatable bonds is 3. The molecule has 0 fully saturated rings. The van der Waals surface area contributed by atoms with E-state index in [1.165, 1.54) is 5.56 Å². The van der Waals surface area contributed by atoms with Crippen LogP contribution in [0.2, 0.25) is 0 Å². The van der Waals surface area contributed by atoms with Crippen LogP contribution in [0.3, 0.4) is 0 Å². The van der Waals surface area contributed by atoms with Crippen molar-refractivity contribution in [3.8, 4) is 22.5 Å². The zero-order chi connectivity index (χ0) is 14.7. The Kier molecular flexibility index (Phi) is 3.65. The van der Waals surface area contributed by atoms with Crippen LogP contribution in [0.25, 0.3) is 22.5 Å². The molecule has 3 rings (SSSR count). The van der Waals surface area contributed by atoms with Gasteiger partial charge in [0, 0.05) is 29.2 Å². The smallest absolute Gasteiger partial charge is 0.0967 e. The van der Waals surface area contributed by atoms with E-state index in [9.17, 15) is 0 Å². The molecule has 0 bridgehead atoms. The highest BCUT2D eigenvalue weighted by molar-refractivity contribution is 5.79. The van der Waals surface area contributed by atoms with Crippen molar-refractivity contribution in [2.75, 3.05) is 5.73 Å². The van der Waals surface area contributed by atoms with Crippen LogP contribution in [0.4, 0.5) is 5.69 Å².